The van der Waals surface area contributed by atoms with Crippen molar-refractivity contribution in [3.8, 4) is 0 Å². The van der Waals surface area contributed by atoms with Crippen LogP contribution in [0, 0.1) is 5.82 Å². The van der Waals surface area contributed by atoms with E-state index in [-0.39, 0.29) is 11.4 Å². The molecule has 0 heterocycles. The van der Waals surface area contributed by atoms with Crippen LogP contribution in [-0.2, 0) is 5.54 Å². The number of benzene rings is 1. The molecule has 2 aliphatic carbocycles. The Bertz CT molecular complexity index is 422. The molecule has 0 spiro atoms. The fourth-order valence-electron chi connectivity index (χ4n) is 2.57. The summed E-state index contributed by atoms with van der Waals surface area (Å²) in [5.41, 5.74) is 7.04. The molecule has 17 heavy (non-hydrogen) atoms. The van der Waals surface area contributed by atoms with Crippen molar-refractivity contribution in [2.45, 2.75) is 54.2 Å². The van der Waals surface area contributed by atoms with Crippen LogP contribution in [0.1, 0.15) is 44.1 Å². The standard InChI is InChI=1S/C14H18FNS/c15-12-9-10(14(16)7-1-2-8-14)3-6-13(12)17-11-4-5-11/h3,6,9,11H,1-2,4-5,7-8,16H2. The lowest BCUT2D eigenvalue weighted by Crippen LogP contribution is -2.33. The molecule has 92 valence electrons. The second-order valence-corrected chi connectivity index (χ2v) is 6.67. The SMILES string of the molecule is NC1(c2ccc(SC3CC3)c(F)c2)CCCC1. The molecule has 0 atom stereocenters. The number of rotatable bonds is 3. The predicted molar refractivity (Wildman–Crippen MR) is 69.6 cm³/mol. The molecular weight excluding hydrogens is 233 g/mol. The minimum absolute atomic E-state index is 0.0869. The molecule has 1 aromatic rings. The molecule has 0 radical (unpaired) electrons. The van der Waals surface area contributed by atoms with Gasteiger partial charge in [-0.25, -0.2) is 4.39 Å². The van der Waals surface area contributed by atoms with Crippen molar-refractivity contribution >= 4 is 11.8 Å². The summed E-state index contributed by atoms with van der Waals surface area (Å²) in [6.45, 7) is 0. The van der Waals surface area contributed by atoms with E-state index >= 15 is 0 Å². The summed E-state index contributed by atoms with van der Waals surface area (Å²) in [5.74, 6) is -0.0869. The van der Waals surface area contributed by atoms with E-state index in [0.717, 1.165) is 36.1 Å². The monoisotopic (exact) mass is 251 g/mol. The molecule has 0 aliphatic heterocycles. The van der Waals surface area contributed by atoms with E-state index in [4.69, 9.17) is 5.73 Å². The minimum atomic E-state index is -0.274. The van der Waals surface area contributed by atoms with E-state index < -0.39 is 0 Å². The van der Waals surface area contributed by atoms with E-state index in [1.807, 2.05) is 12.1 Å². The highest BCUT2D eigenvalue weighted by Gasteiger charge is 2.32. The molecule has 3 heteroatoms. The highest BCUT2D eigenvalue weighted by molar-refractivity contribution is 8.00. The molecule has 0 unspecified atom stereocenters. The molecule has 0 aromatic heterocycles. The Morgan fingerprint density at radius 2 is 1.94 bits per heavy atom. The third kappa shape index (κ3) is 2.36. The summed E-state index contributed by atoms with van der Waals surface area (Å²) < 4.78 is 14.0. The molecular formula is C14H18FNS. The molecule has 0 saturated heterocycles. The van der Waals surface area contributed by atoms with Gasteiger partial charge < -0.3 is 5.73 Å². The first-order valence-electron chi connectivity index (χ1n) is 6.43. The zero-order valence-electron chi connectivity index (χ0n) is 9.92. The normalized spacial score (nSPS) is 22.9. The van der Waals surface area contributed by atoms with Gasteiger partial charge >= 0.3 is 0 Å². The lowest BCUT2D eigenvalue weighted by molar-refractivity contribution is 0.456. The van der Waals surface area contributed by atoms with Gasteiger partial charge in [-0.2, -0.15) is 0 Å². The maximum absolute atomic E-state index is 14.0. The van der Waals surface area contributed by atoms with Crippen LogP contribution in [0.3, 0.4) is 0 Å². The molecule has 2 N–H and O–H groups in total. The van der Waals surface area contributed by atoms with Gasteiger partial charge in [0.1, 0.15) is 5.82 Å². The van der Waals surface area contributed by atoms with Crippen molar-refractivity contribution < 1.29 is 4.39 Å². The van der Waals surface area contributed by atoms with E-state index in [1.54, 1.807) is 17.8 Å². The molecule has 2 aliphatic rings. The van der Waals surface area contributed by atoms with Gasteiger partial charge in [0.2, 0.25) is 0 Å². The number of thioether (sulfide) groups is 1. The molecule has 0 bridgehead atoms. The largest absolute Gasteiger partial charge is 0.321 e. The Balaban J connectivity index is 1.84. The molecule has 0 amide bonds. The fourth-order valence-corrected chi connectivity index (χ4v) is 3.62. The van der Waals surface area contributed by atoms with Crippen molar-refractivity contribution in [2.75, 3.05) is 0 Å². The quantitative estimate of drug-likeness (QED) is 0.884. The first-order chi connectivity index (χ1) is 8.17. The summed E-state index contributed by atoms with van der Waals surface area (Å²) in [7, 11) is 0. The van der Waals surface area contributed by atoms with Crippen molar-refractivity contribution in [1.82, 2.24) is 0 Å². The zero-order valence-corrected chi connectivity index (χ0v) is 10.7. The van der Waals surface area contributed by atoms with Crippen molar-refractivity contribution in [3.63, 3.8) is 0 Å². The third-order valence-electron chi connectivity index (χ3n) is 3.82. The Labute approximate surface area is 106 Å². The van der Waals surface area contributed by atoms with Crippen LogP contribution in [0.15, 0.2) is 23.1 Å². The molecule has 1 aromatic carbocycles. The van der Waals surface area contributed by atoms with Crippen LogP contribution in [0.25, 0.3) is 0 Å². The summed E-state index contributed by atoms with van der Waals surface area (Å²) in [4.78, 5) is 0.790. The number of hydrogen-bond donors (Lipinski definition) is 1. The lowest BCUT2D eigenvalue weighted by atomic mass is 9.89. The third-order valence-corrected chi connectivity index (χ3v) is 5.21. The molecule has 1 nitrogen and oxygen atoms in total. The van der Waals surface area contributed by atoms with Crippen LogP contribution in [0.4, 0.5) is 4.39 Å². The Morgan fingerprint density at radius 3 is 2.53 bits per heavy atom. The van der Waals surface area contributed by atoms with Crippen LogP contribution in [0.2, 0.25) is 0 Å². The minimum Gasteiger partial charge on any atom is -0.321 e. The van der Waals surface area contributed by atoms with Crippen LogP contribution < -0.4 is 5.73 Å². The summed E-state index contributed by atoms with van der Waals surface area (Å²) in [6, 6.07) is 5.61. The number of nitrogens with two attached hydrogens (primary N) is 1. The second kappa shape index (κ2) is 4.29. The van der Waals surface area contributed by atoms with Gasteiger partial charge in [0.25, 0.3) is 0 Å². The van der Waals surface area contributed by atoms with Gasteiger partial charge in [0.05, 0.1) is 0 Å². The predicted octanol–water partition coefficient (Wildman–Crippen LogP) is 3.81. The highest BCUT2D eigenvalue weighted by atomic mass is 32.2. The average molecular weight is 251 g/mol. The van der Waals surface area contributed by atoms with Crippen molar-refractivity contribution in [1.29, 1.82) is 0 Å². The molecule has 2 saturated carbocycles. The molecule has 3 rings (SSSR count). The van der Waals surface area contributed by atoms with Crippen molar-refractivity contribution in [3.05, 3.63) is 29.6 Å². The van der Waals surface area contributed by atoms with Crippen LogP contribution in [0.5, 0.6) is 0 Å². The fraction of sp³-hybridized carbons (Fsp3) is 0.571. The summed E-state index contributed by atoms with van der Waals surface area (Å²) >= 11 is 1.67. The summed E-state index contributed by atoms with van der Waals surface area (Å²) in [6.07, 6.45) is 6.76. The number of hydrogen-bond acceptors (Lipinski definition) is 2. The smallest absolute Gasteiger partial charge is 0.137 e. The number of halogens is 1. The second-order valence-electron chi connectivity index (χ2n) is 5.33. The van der Waals surface area contributed by atoms with E-state index in [0.29, 0.717) is 5.25 Å². The lowest BCUT2D eigenvalue weighted by Gasteiger charge is -2.24. The molecule has 2 fully saturated rings. The maximum atomic E-state index is 14.0. The van der Waals surface area contributed by atoms with E-state index in [1.165, 1.54) is 12.8 Å². The van der Waals surface area contributed by atoms with Gasteiger partial charge in [-0.05, 0) is 43.4 Å². The van der Waals surface area contributed by atoms with Gasteiger partial charge in [-0.15, -0.1) is 11.8 Å². The highest BCUT2D eigenvalue weighted by Crippen LogP contribution is 2.42. The maximum Gasteiger partial charge on any atom is 0.137 e. The zero-order chi connectivity index (χ0) is 11.9. The van der Waals surface area contributed by atoms with Gasteiger partial charge in [0, 0.05) is 15.7 Å². The first-order valence-corrected chi connectivity index (χ1v) is 7.31. The first kappa shape index (κ1) is 11.5. The average Bonchev–Trinajstić information content (AvgIpc) is 3.02. The Morgan fingerprint density at radius 1 is 1.24 bits per heavy atom. The van der Waals surface area contributed by atoms with Crippen molar-refractivity contribution in [2.24, 2.45) is 5.73 Å². The van der Waals surface area contributed by atoms with E-state index in [2.05, 4.69) is 0 Å². The van der Waals surface area contributed by atoms with E-state index in [9.17, 15) is 4.39 Å². The Hall–Kier alpha value is -0.540. The van der Waals surface area contributed by atoms with Gasteiger partial charge in [0.15, 0.2) is 0 Å². The van der Waals surface area contributed by atoms with Crippen LogP contribution in [-0.4, -0.2) is 5.25 Å². The topological polar surface area (TPSA) is 26.0 Å². The van der Waals surface area contributed by atoms with Gasteiger partial charge in [-0.3, -0.25) is 0 Å². The Kier molecular flexibility index (Phi) is 2.91. The van der Waals surface area contributed by atoms with Gasteiger partial charge in [-0.1, -0.05) is 18.9 Å². The van der Waals surface area contributed by atoms with Crippen LogP contribution >= 0.6 is 11.8 Å². The summed E-state index contributed by atoms with van der Waals surface area (Å²) in [5, 5.41) is 0.647.